The number of fused-ring (bicyclic) bond motifs is 1. The largest absolute Gasteiger partial charge is 0.458 e. The molecule has 1 unspecified atom stereocenters. The molecule has 0 spiro atoms. The minimum atomic E-state index is -0.873. The summed E-state index contributed by atoms with van der Waals surface area (Å²) in [6.07, 6.45) is 1.14. The predicted octanol–water partition coefficient (Wildman–Crippen LogP) is -0.206. The fourth-order valence-corrected chi connectivity index (χ4v) is 2.49. The third kappa shape index (κ3) is 2.77. The summed E-state index contributed by atoms with van der Waals surface area (Å²) < 4.78 is 5.33. The lowest BCUT2D eigenvalue weighted by Gasteiger charge is -2.47. The van der Waals surface area contributed by atoms with Gasteiger partial charge in [-0.2, -0.15) is 0 Å². The van der Waals surface area contributed by atoms with Crippen LogP contribution in [0.5, 0.6) is 0 Å². The summed E-state index contributed by atoms with van der Waals surface area (Å²) in [5.41, 5.74) is 5.04. The molecule has 2 atom stereocenters. The van der Waals surface area contributed by atoms with Crippen LogP contribution < -0.4 is 5.73 Å². The average Bonchev–Trinajstić information content (AvgIpc) is 2.33. The van der Waals surface area contributed by atoms with Gasteiger partial charge in [-0.1, -0.05) is 0 Å². The summed E-state index contributed by atoms with van der Waals surface area (Å²) in [6, 6.07) is -1.63. The van der Waals surface area contributed by atoms with E-state index in [0.29, 0.717) is 19.4 Å². The molecule has 2 heterocycles. The van der Waals surface area contributed by atoms with Gasteiger partial charge in [0.25, 0.3) is 5.91 Å². The lowest BCUT2D eigenvalue weighted by Crippen LogP contribution is -2.67. The Morgan fingerprint density at radius 3 is 2.60 bits per heavy atom. The monoisotopic (exact) mass is 283 g/mol. The highest BCUT2D eigenvalue weighted by Crippen LogP contribution is 2.26. The van der Waals surface area contributed by atoms with Crippen LogP contribution in [0.2, 0.25) is 0 Å². The summed E-state index contributed by atoms with van der Waals surface area (Å²) >= 11 is 0. The van der Waals surface area contributed by atoms with Gasteiger partial charge in [0.15, 0.2) is 6.04 Å². The Kier molecular flexibility index (Phi) is 3.73. The number of hydrogen-bond donors (Lipinski definition) is 1. The fourth-order valence-electron chi connectivity index (χ4n) is 2.49. The van der Waals surface area contributed by atoms with Crippen LogP contribution in [0.4, 0.5) is 0 Å². The standard InChI is InChI=1S/C13H21N3O4/c1-13(2,3)20-12(19)9-5-4-6-15-10(17)7-8(14)11(18)16(9)15/h8-9H,4-7,14H2,1-3H3/t8-,9?/m0/s1. The molecule has 2 rings (SSSR count). The van der Waals surface area contributed by atoms with Gasteiger partial charge in [0.1, 0.15) is 5.60 Å². The SMILES string of the molecule is CC(C)(C)OC(=O)C1CCCN2C(=O)C[C@H](N)C(=O)N12. The number of hydrazine groups is 1. The van der Waals surface area contributed by atoms with E-state index in [9.17, 15) is 14.4 Å². The molecule has 112 valence electrons. The number of carbonyl (C=O) groups is 3. The number of ether oxygens (including phenoxy) is 1. The minimum absolute atomic E-state index is 0.00360. The topological polar surface area (TPSA) is 92.9 Å². The van der Waals surface area contributed by atoms with E-state index in [4.69, 9.17) is 10.5 Å². The summed E-state index contributed by atoms with van der Waals surface area (Å²) in [5, 5.41) is 2.54. The smallest absolute Gasteiger partial charge is 0.331 e. The van der Waals surface area contributed by atoms with Crippen molar-refractivity contribution in [2.24, 2.45) is 5.73 Å². The molecule has 2 saturated heterocycles. The Bertz CT molecular complexity index is 443. The molecule has 20 heavy (non-hydrogen) atoms. The molecule has 0 bridgehead atoms. The first-order valence-corrected chi connectivity index (χ1v) is 6.82. The van der Waals surface area contributed by atoms with Crippen LogP contribution in [-0.2, 0) is 19.1 Å². The number of nitrogens with zero attached hydrogens (tertiary/aromatic N) is 2. The second-order valence-corrected chi connectivity index (χ2v) is 6.20. The van der Waals surface area contributed by atoms with Gasteiger partial charge in [0.05, 0.1) is 12.5 Å². The van der Waals surface area contributed by atoms with Crippen molar-refractivity contribution in [2.75, 3.05) is 6.54 Å². The van der Waals surface area contributed by atoms with Gasteiger partial charge in [0, 0.05) is 6.54 Å². The van der Waals surface area contributed by atoms with Crippen molar-refractivity contribution in [3.8, 4) is 0 Å². The maximum atomic E-state index is 12.2. The van der Waals surface area contributed by atoms with E-state index in [1.807, 2.05) is 0 Å². The fraction of sp³-hybridized carbons (Fsp3) is 0.769. The van der Waals surface area contributed by atoms with Crippen LogP contribution in [0.25, 0.3) is 0 Å². The number of carbonyl (C=O) groups excluding carboxylic acids is 3. The zero-order valence-corrected chi connectivity index (χ0v) is 12.1. The van der Waals surface area contributed by atoms with E-state index >= 15 is 0 Å². The van der Waals surface area contributed by atoms with Crippen molar-refractivity contribution in [3.63, 3.8) is 0 Å². The second-order valence-electron chi connectivity index (χ2n) is 6.20. The van der Waals surface area contributed by atoms with Crippen LogP contribution in [0.1, 0.15) is 40.0 Å². The van der Waals surface area contributed by atoms with E-state index in [1.54, 1.807) is 20.8 Å². The van der Waals surface area contributed by atoms with Gasteiger partial charge in [-0.3, -0.25) is 14.6 Å². The molecular formula is C13H21N3O4. The Morgan fingerprint density at radius 2 is 2.00 bits per heavy atom. The Balaban J connectivity index is 2.22. The first-order chi connectivity index (χ1) is 9.20. The lowest BCUT2D eigenvalue weighted by atomic mass is 10.0. The normalized spacial score (nSPS) is 27.4. The van der Waals surface area contributed by atoms with Crippen LogP contribution in [-0.4, -0.2) is 52.0 Å². The zero-order chi connectivity index (χ0) is 15.1. The van der Waals surface area contributed by atoms with Gasteiger partial charge < -0.3 is 10.5 Å². The van der Waals surface area contributed by atoms with Crippen molar-refractivity contribution in [3.05, 3.63) is 0 Å². The van der Waals surface area contributed by atoms with Gasteiger partial charge in [-0.15, -0.1) is 0 Å². The summed E-state index contributed by atoms with van der Waals surface area (Å²) in [7, 11) is 0. The first kappa shape index (κ1) is 14.8. The van der Waals surface area contributed by atoms with Crippen molar-refractivity contribution in [1.82, 2.24) is 10.0 Å². The Hall–Kier alpha value is -1.63. The third-order valence-electron chi connectivity index (χ3n) is 3.31. The van der Waals surface area contributed by atoms with Gasteiger partial charge in [0.2, 0.25) is 5.91 Å². The van der Waals surface area contributed by atoms with Crippen LogP contribution in [0.3, 0.4) is 0 Å². The van der Waals surface area contributed by atoms with Crippen molar-refractivity contribution in [2.45, 2.75) is 57.7 Å². The van der Waals surface area contributed by atoms with E-state index in [-0.39, 0.29) is 18.2 Å². The third-order valence-corrected chi connectivity index (χ3v) is 3.31. The molecule has 2 aliphatic heterocycles. The average molecular weight is 283 g/mol. The molecule has 0 aromatic rings. The quantitative estimate of drug-likeness (QED) is 0.672. The summed E-state index contributed by atoms with van der Waals surface area (Å²) in [5.74, 6) is -1.09. The van der Waals surface area contributed by atoms with Gasteiger partial charge >= 0.3 is 5.97 Å². The molecule has 2 N–H and O–H groups in total. The highest BCUT2D eigenvalue weighted by Gasteiger charge is 2.46. The molecule has 2 aliphatic rings. The van der Waals surface area contributed by atoms with E-state index < -0.39 is 23.7 Å². The molecule has 2 amide bonds. The molecule has 0 aromatic heterocycles. The maximum absolute atomic E-state index is 12.2. The van der Waals surface area contributed by atoms with Crippen molar-refractivity contribution < 1.29 is 19.1 Å². The maximum Gasteiger partial charge on any atom is 0.331 e. The van der Waals surface area contributed by atoms with Gasteiger partial charge in [-0.05, 0) is 33.6 Å². The summed E-state index contributed by atoms with van der Waals surface area (Å²) in [6.45, 7) is 5.73. The molecule has 0 aromatic carbocycles. The lowest BCUT2D eigenvalue weighted by molar-refractivity contribution is -0.194. The number of rotatable bonds is 1. The number of esters is 1. The summed E-state index contributed by atoms with van der Waals surface area (Å²) in [4.78, 5) is 36.4. The number of amides is 2. The van der Waals surface area contributed by atoms with Crippen molar-refractivity contribution >= 4 is 17.8 Å². The van der Waals surface area contributed by atoms with E-state index in [1.165, 1.54) is 10.0 Å². The number of nitrogens with two attached hydrogens (primary N) is 1. The predicted molar refractivity (Wildman–Crippen MR) is 70.0 cm³/mol. The molecule has 7 heteroatoms. The number of hydrogen-bond acceptors (Lipinski definition) is 5. The van der Waals surface area contributed by atoms with Gasteiger partial charge in [-0.25, -0.2) is 9.80 Å². The highest BCUT2D eigenvalue weighted by atomic mass is 16.6. The second kappa shape index (κ2) is 5.05. The minimum Gasteiger partial charge on any atom is -0.458 e. The zero-order valence-electron chi connectivity index (χ0n) is 12.1. The van der Waals surface area contributed by atoms with E-state index in [0.717, 1.165) is 0 Å². The van der Waals surface area contributed by atoms with E-state index in [2.05, 4.69) is 0 Å². The first-order valence-electron chi connectivity index (χ1n) is 6.82. The highest BCUT2D eigenvalue weighted by molar-refractivity contribution is 5.96. The molecule has 0 saturated carbocycles. The molecule has 2 fully saturated rings. The van der Waals surface area contributed by atoms with Crippen molar-refractivity contribution in [1.29, 1.82) is 0 Å². The Labute approximate surface area is 118 Å². The molecule has 7 nitrogen and oxygen atoms in total. The van der Waals surface area contributed by atoms with Crippen LogP contribution in [0.15, 0.2) is 0 Å². The Morgan fingerprint density at radius 1 is 1.35 bits per heavy atom. The molecule has 0 aliphatic carbocycles. The molecule has 0 radical (unpaired) electrons. The van der Waals surface area contributed by atoms with Crippen LogP contribution >= 0.6 is 0 Å². The van der Waals surface area contributed by atoms with Crippen LogP contribution in [0, 0.1) is 0 Å². The molecular weight excluding hydrogens is 262 g/mol.